The number of nitrogens with two attached hydrogens (primary N) is 1. The summed E-state index contributed by atoms with van der Waals surface area (Å²) >= 11 is 0. The van der Waals surface area contributed by atoms with Crippen molar-refractivity contribution in [3.8, 4) is 0 Å². The lowest BCUT2D eigenvalue weighted by Crippen LogP contribution is -2.37. The molecule has 0 unspecified atom stereocenters. The van der Waals surface area contributed by atoms with Gasteiger partial charge in [0.25, 0.3) is 0 Å². The van der Waals surface area contributed by atoms with Gasteiger partial charge in [0.05, 0.1) is 0 Å². The lowest BCUT2D eigenvalue weighted by Gasteiger charge is -2.24. The standard InChI is InChI=1S/C12H17FN2O2S/c1-4-7-15(9(2)3)18(16,17)12-8-10(14)5-6-11(12)13/h4-6,8-9H,1,7,14H2,2-3H3. The van der Waals surface area contributed by atoms with Gasteiger partial charge in [-0.2, -0.15) is 4.31 Å². The average Bonchev–Trinajstić information content (AvgIpc) is 2.28. The monoisotopic (exact) mass is 272 g/mol. The Bertz CT molecular complexity index is 541. The largest absolute Gasteiger partial charge is 0.399 e. The van der Waals surface area contributed by atoms with Crippen molar-refractivity contribution in [1.29, 1.82) is 0 Å². The van der Waals surface area contributed by atoms with Crippen molar-refractivity contribution < 1.29 is 12.8 Å². The Morgan fingerprint density at radius 2 is 2.11 bits per heavy atom. The van der Waals surface area contributed by atoms with E-state index in [9.17, 15) is 12.8 Å². The minimum atomic E-state index is -3.91. The normalized spacial score (nSPS) is 12.1. The fourth-order valence-corrected chi connectivity index (χ4v) is 3.27. The number of hydrogen-bond acceptors (Lipinski definition) is 3. The smallest absolute Gasteiger partial charge is 0.246 e. The Morgan fingerprint density at radius 1 is 1.50 bits per heavy atom. The molecule has 0 fully saturated rings. The minimum Gasteiger partial charge on any atom is -0.399 e. The Morgan fingerprint density at radius 3 is 2.61 bits per heavy atom. The number of hydrogen-bond donors (Lipinski definition) is 1. The van der Waals surface area contributed by atoms with Crippen LogP contribution in [0.4, 0.5) is 10.1 Å². The fraction of sp³-hybridized carbons (Fsp3) is 0.333. The molecule has 6 heteroatoms. The van der Waals surface area contributed by atoms with Gasteiger partial charge in [0.1, 0.15) is 10.7 Å². The van der Waals surface area contributed by atoms with Gasteiger partial charge in [0.15, 0.2) is 0 Å². The number of nitrogen functional groups attached to an aromatic ring is 1. The maximum absolute atomic E-state index is 13.6. The average molecular weight is 272 g/mol. The van der Waals surface area contributed by atoms with Crippen molar-refractivity contribution in [2.45, 2.75) is 24.8 Å². The molecule has 2 N–H and O–H groups in total. The quantitative estimate of drug-likeness (QED) is 0.658. The van der Waals surface area contributed by atoms with Crippen LogP contribution in [0.25, 0.3) is 0 Å². The van der Waals surface area contributed by atoms with Gasteiger partial charge in [-0.25, -0.2) is 12.8 Å². The second kappa shape index (κ2) is 5.49. The number of benzene rings is 1. The summed E-state index contributed by atoms with van der Waals surface area (Å²) in [6, 6.07) is 3.20. The van der Waals surface area contributed by atoms with Crippen molar-refractivity contribution in [3.63, 3.8) is 0 Å². The number of rotatable bonds is 5. The van der Waals surface area contributed by atoms with Crippen LogP contribution < -0.4 is 5.73 Å². The molecular formula is C12H17FN2O2S. The second-order valence-corrected chi connectivity index (χ2v) is 6.01. The molecule has 0 radical (unpaired) electrons. The minimum absolute atomic E-state index is 0.119. The van der Waals surface area contributed by atoms with E-state index in [1.807, 2.05) is 0 Å². The van der Waals surface area contributed by atoms with Crippen LogP contribution in [0.1, 0.15) is 13.8 Å². The highest BCUT2D eigenvalue weighted by molar-refractivity contribution is 7.89. The summed E-state index contributed by atoms with van der Waals surface area (Å²) in [7, 11) is -3.91. The van der Waals surface area contributed by atoms with Crippen LogP contribution in [0.2, 0.25) is 0 Å². The molecule has 0 aromatic heterocycles. The van der Waals surface area contributed by atoms with Gasteiger partial charge in [-0.1, -0.05) is 6.08 Å². The first-order valence-corrected chi connectivity index (χ1v) is 6.92. The molecule has 1 rings (SSSR count). The van der Waals surface area contributed by atoms with E-state index >= 15 is 0 Å². The summed E-state index contributed by atoms with van der Waals surface area (Å²) in [4.78, 5) is -0.405. The molecule has 0 saturated heterocycles. The van der Waals surface area contributed by atoms with Crippen LogP contribution in [-0.2, 0) is 10.0 Å². The molecule has 0 heterocycles. The van der Waals surface area contributed by atoms with Crippen LogP contribution in [0, 0.1) is 5.82 Å². The Hall–Kier alpha value is -1.40. The molecule has 4 nitrogen and oxygen atoms in total. The molecule has 0 aliphatic carbocycles. The first kappa shape index (κ1) is 14.7. The predicted molar refractivity (Wildman–Crippen MR) is 70.0 cm³/mol. The third-order valence-electron chi connectivity index (χ3n) is 2.43. The summed E-state index contributed by atoms with van der Waals surface area (Å²) < 4.78 is 39.4. The topological polar surface area (TPSA) is 63.4 Å². The summed E-state index contributed by atoms with van der Waals surface area (Å²) in [5.41, 5.74) is 5.71. The highest BCUT2D eigenvalue weighted by Gasteiger charge is 2.28. The summed E-state index contributed by atoms with van der Waals surface area (Å²) in [6.45, 7) is 7.05. The molecule has 0 aliphatic rings. The van der Waals surface area contributed by atoms with Crippen molar-refractivity contribution in [3.05, 3.63) is 36.7 Å². The third-order valence-corrected chi connectivity index (χ3v) is 4.48. The number of nitrogens with zero attached hydrogens (tertiary/aromatic N) is 1. The van der Waals surface area contributed by atoms with E-state index in [4.69, 9.17) is 5.73 Å². The molecule has 18 heavy (non-hydrogen) atoms. The summed E-state index contributed by atoms with van der Waals surface area (Å²) in [5.74, 6) is -0.807. The molecule has 0 spiro atoms. The van der Waals surface area contributed by atoms with E-state index in [1.165, 1.54) is 12.1 Å². The lowest BCUT2D eigenvalue weighted by atomic mass is 10.3. The Balaban J connectivity index is 3.35. The van der Waals surface area contributed by atoms with E-state index in [0.29, 0.717) is 0 Å². The van der Waals surface area contributed by atoms with Gasteiger partial charge in [-0.15, -0.1) is 6.58 Å². The van der Waals surface area contributed by atoms with Crippen LogP contribution in [0.3, 0.4) is 0 Å². The Labute approximate surface area is 107 Å². The summed E-state index contributed by atoms with van der Waals surface area (Å²) in [5, 5.41) is 0. The molecule has 0 saturated carbocycles. The van der Waals surface area contributed by atoms with Gasteiger partial charge in [0.2, 0.25) is 10.0 Å². The predicted octanol–water partition coefficient (Wildman–Crippen LogP) is 1.99. The molecule has 0 amide bonds. The molecule has 0 aliphatic heterocycles. The number of sulfonamides is 1. The zero-order valence-electron chi connectivity index (χ0n) is 10.4. The van der Waals surface area contributed by atoms with Crippen LogP contribution >= 0.6 is 0 Å². The van der Waals surface area contributed by atoms with Gasteiger partial charge in [0, 0.05) is 18.3 Å². The van der Waals surface area contributed by atoms with E-state index in [0.717, 1.165) is 16.4 Å². The van der Waals surface area contributed by atoms with Crippen molar-refractivity contribution in [1.82, 2.24) is 4.31 Å². The first-order chi connectivity index (χ1) is 8.30. The molecule has 1 aromatic carbocycles. The molecule has 100 valence electrons. The SMILES string of the molecule is C=CCN(C(C)C)S(=O)(=O)c1cc(N)ccc1F. The maximum atomic E-state index is 13.6. The van der Waals surface area contributed by atoms with Crippen LogP contribution in [-0.4, -0.2) is 25.3 Å². The summed E-state index contributed by atoms with van der Waals surface area (Å²) in [6.07, 6.45) is 1.46. The lowest BCUT2D eigenvalue weighted by molar-refractivity contribution is 0.380. The van der Waals surface area contributed by atoms with Gasteiger partial charge in [-0.3, -0.25) is 0 Å². The van der Waals surface area contributed by atoms with Gasteiger partial charge in [-0.05, 0) is 32.0 Å². The third kappa shape index (κ3) is 2.88. The van der Waals surface area contributed by atoms with Crippen LogP contribution in [0.15, 0.2) is 35.7 Å². The zero-order valence-corrected chi connectivity index (χ0v) is 11.2. The second-order valence-electron chi connectivity index (χ2n) is 4.15. The highest BCUT2D eigenvalue weighted by Crippen LogP contribution is 2.23. The van der Waals surface area contributed by atoms with E-state index in [1.54, 1.807) is 13.8 Å². The van der Waals surface area contributed by atoms with E-state index in [2.05, 4.69) is 6.58 Å². The molecule has 0 bridgehead atoms. The van der Waals surface area contributed by atoms with E-state index in [-0.39, 0.29) is 18.3 Å². The molecular weight excluding hydrogens is 255 g/mol. The van der Waals surface area contributed by atoms with E-state index < -0.39 is 20.7 Å². The van der Waals surface area contributed by atoms with Crippen LogP contribution in [0.5, 0.6) is 0 Å². The van der Waals surface area contributed by atoms with Crippen molar-refractivity contribution >= 4 is 15.7 Å². The number of halogens is 1. The molecule has 0 atom stereocenters. The maximum Gasteiger partial charge on any atom is 0.246 e. The van der Waals surface area contributed by atoms with Crippen molar-refractivity contribution in [2.24, 2.45) is 0 Å². The van der Waals surface area contributed by atoms with Crippen molar-refractivity contribution in [2.75, 3.05) is 12.3 Å². The zero-order chi connectivity index (χ0) is 13.9. The Kier molecular flexibility index (Phi) is 4.48. The highest BCUT2D eigenvalue weighted by atomic mass is 32.2. The first-order valence-electron chi connectivity index (χ1n) is 5.48. The molecule has 1 aromatic rings. The number of anilines is 1. The van der Waals surface area contributed by atoms with Gasteiger partial charge >= 0.3 is 0 Å². The van der Waals surface area contributed by atoms with Gasteiger partial charge < -0.3 is 5.73 Å². The fourth-order valence-electron chi connectivity index (χ4n) is 1.56.